The summed E-state index contributed by atoms with van der Waals surface area (Å²) in [6.07, 6.45) is 6.09. The number of carbonyl (C=O) groups is 1. The first-order chi connectivity index (χ1) is 8.81. The maximum absolute atomic E-state index is 12.1. The highest BCUT2D eigenvalue weighted by atomic mass is 35.5. The van der Waals surface area contributed by atoms with Gasteiger partial charge >= 0.3 is 0 Å². The fourth-order valence-corrected chi connectivity index (χ4v) is 3.28. The lowest BCUT2D eigenvalue weighted by Crippen LogP contribution is -2.35. The van der Waals surface area contributed by atoms with Crippen LogP contribution in [0, 0.1) is 0 Å². The number of fused-ring (bicyclic) bond motifs is 1. The molecule has 0 spiro atoms. The normalized spacial score (nSPS) is 13.8. The number of nitrogens with zero attached hydrogens (tertiary/aromatic N) is 1. The van der Waals surface area contributed by atoms with Gasteiger partial charge in [-0.15, -0.1) is 23.7 Å². The zero-order valence-corrected chi connectivity index (χ0v) is 12.9. The minimum absolute atomic E-state index is 0. The van der Waals surface area contributed by atoms with Gasteiger partial charge in [0.25, 0.3) is 0 Å². The van der Waals surface area contributed by atoms with Gasteiger partial charge in [0.2, 0.25) is 5.91 Å². The van der Waals surface area contributed by atoms with Gasteiger partial charge in [-0.1, -0.05) is 12.8 Å². The third-order valence-electron chi connectivity index (χ3n) is 3.51. The van der Waals surface area contributed by atoms with Crippen molar-refractivity contribution in [1.29, 1.82) is 0 Å². The number of unbranched alkanes of at least 4 members (excludes halogenated alkanes) is 3. The lowest BCUT2D eigenvalue weighted by molar-refractivity contribution is -0.132. The molecule has 1 aliphatic heterocycles. The molecule has 1 aliphatic rings. The molecular formula is C14H23ClN2OS. The van der Waals surface area contributed by atoms with E-state index in [1.807, 2.05) is 16.2 Å². The second-order valence-electron chi connectivity index (χ2n) is 4.89. The smallest absolute Gasteiger partial charge is 0.222 e. The number of rotatable bonds is 6. The van der Waals surface area contributed by atoms with Crippen molar-refractivity contribution in [3.8, 4) is 0 Å². The van der Waals surface area contributed by atoms with E-state index in [-0.39, 0.29) is 12.4 Å². The van der Waals surface area contributed by atoms with E-state index in [2.05, 4.69) is 11.4 Å². The molecule has 0 fully saturated rings. The zero-order valence-electron chi connectivity index (χ0n) is 11.3. The average Bonchev–Trinajstić information content (AvgIpc) is 2.85. The molecule has 5 heteroatoms. The molecule has 2 rings (SSSR count). The van der Waals surface area contributed by atoms with Gasteiger partial charge in [-0.2, -0.15) is 0 Å². The Kier molecular flexibility index (Phi) is 7.42. The average molecular weight is 303 g/mol. The van der Waals surface area contributed by atoms with Crippen molar-refractivity contribution in [1.82, 2.24) is 4.90 Å². The van der Waals surface area contributed by atoms with E-state index in [0.29, 0.717) is 12.3 Å². The van der Waals surface area contributed by atoms with Gasteiger partial charge in [0.15, 0.2) is 0 Å². The Labute approximate surface area is 125 Å². The molecule has 1 aromatic rings. The summed E-state index contributed by atoms with van der Waals surface area (Å²) >= 11 is 1.82. The number of halogens is 1. The molecule has 0 bridgehead atoms. The minimum atomic E-state index is 0. The summed E-state index contributed by atoms with van der Waals surface area (Å²) in [6, 6.07) is 2.15. The van der Waals surface area contributed by atoms with Crippen LogP contribution in [0.5, 0.6) is 0 Å². The summed E-state index contributed by atoms with van der Waals surface area (Å²) in [5.74, 6) is 0.319. The Bertz CT molecular complexity index is 395. The van der Waals surface area contributed by atoms with E-state index in [1.54, 1.807) is 0 Å². The van der Waals surface area contributed by atoms with Gasteiger partial charge < -0.3 is 10.6 Å². The standard InChI is InChI=1S/C14H22N2OS.ClH/c15-8-4-2-1-3-5-14(17)16-9-6-13-12(11-16)7-10-18-13;/h7,10H,1-6,8-9,11,15H2;1H. The third kappa shape index (κ3) is 4.79. The molecule has 1 aromatic heterocycles. The largest absolute Gasteiger partial charge is 0.338 e. The molecule has 0 radical (unpaired) electrons. The molecule has 2 heterocycles. The molecule has 0 aliphatic carbocycles. The molecule has 2 N–H and O–H groups in total. The quantitative estimate of drug-likeness (QED) is 0.821. The van der Waals surface area contributed by atoms with Gasteiger partial charge in [0, 0.05) is 24.4 Å². The third-order valence-corrected chi connectivity index (χ3v) is 4.53. The van der Waals surface area contributed by atoms with Crippen LogP contribution >= 0.6 is 23.7 Å². The molecule has 0 atom stereocenters. The Morgan fingerprint density at radius 1 is 1.32 bits per heavy atom. The second kappa shape index (κ2) is 8.56. The Morgan fingerprint density at radius 3 is 2.89 bits per heavy atom. The summed E-state index contributed by atoms with van der Waals surface area (Å²) in [5, 5.41) is 2.13. The van der Waals surface area contributed by atoms with Crippen molar-refractivity contribution in [2.45, 2.75) is 45.1 Å². The number of thiophene rings is 1. The van der Waals surface area contributed by atoms with Crippen LogP contribution in [-0.2, 0) is 17.8 Å². The maximum atomic E-state index is 12.1. The van der Waals surface area contributed by atoms with Crippen molar-refractivity contribution >= 4 is 29.7 Å². The number of carbonyl (C=O) groups excluding carboxylic acids is 1. The summed E-state index contributed by atoms with van der Waals surface area (Å²) in [4.78, 5) is 15.5. The Morgan fingerprint density at radius 2 is 2.11 bits per heavy atom. The second-order valence-corrected chi connectivity index (χ2v) is 5.89. The number of amides is 1. The van der Waals surface area contributed by atoms with Crippen LogP contribution in [0.1, 0.15) is 42.5 Å². The van der Waals surface area contributed by atoms with Gasteiger partial charge in [-0.05, 0) is 42.8 Å². The predicted octanol–water partition coefficient (Wildman–Crippen LogP) is 2.96. The number of hydrogen-bond donors (Lipinski definition) is 1. The lowest BCUT2D eigenvalue weighted by Gasteiger charge is -2.27. The highest BCUT2D eigenvalue weighted by molar-refractivity contribution is 7.10. The van der Waals surface area contributed by atoms with Crippen molar-refractivity contribution in [2.24, 2.45) is 5.73 Å². The first kappa shape index (κ1) is 16.5. The molecule has 1 amide bonds. The van der Waals surface area contributed by atoms with Crippen molar-refractivity contribution in [3.05, 3.63) is 21.9 Å². The van der Waals surface area contributed by atoms with Gasteiger partial charge in [0.05, 0.1) is 0 Å². The van der Waals surface area contributed by atoms with Crippen LogP contribution in [0.3, 0.4) is 0 Å². The zero-order chi connectivity index (χ0) is 12.8. The molecule has 108 valence electrons. The summed E-state index contributed by atoms with van der Waals surface area (Å²) in [6.45, 7) is 2.48. The van der Waals surface area contributed by atoms with Crippen LogP contribution in [0.25, 0.3) is 0 Å². The van der Waals surface area contributed by atoms with Gasteiger partial charge in [-0.3, -0.25) is 4.79 Å². The van der Waals surface area contributed by atoms with Crippen LogP contribution < -0.4 is 5.73 Å². The van der Waals surface area contributed by atoms with Crippen molar-refractivity contribution < 1.29 is 4.79 Å². The van der Waals surface area contributed by atoms with Gasteiger partial charge in [-0.25, -0.2) is 0 Å². The summed E-state index contributed by atoms with van der Waals surface area (Å²) in [5.41, 5.74) is 6.80. The molecular weight excluding hydrogens is 280 g/mol. The predicted molar refractivity (Wildman–Crippen MR) is 82.8 cm³/mol. The van der Waals surface area contributed by atoms with E-state index in [1.165, 1.54) is 10.4 Å². The topological polar surface area (TPSA) is 46.3 Å². The molecule has 3 nitrogen and oxygen atoms in total. The number of nitrogens with two attached hydrogens (primary N) is 1. The van der Waals surface area contributed by atoms with E-state index >= 15 is 0 Å². The molecule has 0 unspecified atom stereocenters. The minimum Gasteiger partial charge on any atom is -0.338 e. The summed E-state index contributed by atoms with van der Waals surface area (Å²) < 4.78 is 0. The lowest BCUT2D eigenvalue weighted by atomic mass is 10.1. The first-order valence-electron chi connectivity index (χ1n) is 6.84. The van der Waals surface area contributed by atoms with Crippen molar-refractivity contribution in [2.75, 3.05) is 13.1 Å². The fraction of sp³-hybridized carbons (Fsp3) is 0.643. The Balaban J connectivity index is 0.00000180. The number of hydrogen-bond acceptors (Lipinski definition) is 3. The first-order valence-corrected chi connectivity index (χ1v) is 7.72. The molecule has 0 aromatic carbocycles. The van der Waals surface area contributed by atoms with Crippen molar-refractivity contribution in [3.63, 3.8) is 0 Å². The summed E-state index contributed by atoms with van der Waals surface area (Å²) in [7, 11) is 0. The van der Waals surface area contributed by atoms with Gasteiger partial charge in [0.1, 0.15) is 0 Å². The molecule has 0 saturated heterocycles. The van der Waals surface area contributed by atoms with E-state index < -0.39 is 0 Å². The molecule has 0 saturated carbocycles. The molecule has 19 heavy (non-hydrogen) atoms. The Hall–Kier alpha value is -0.580. The SMILES string of the molecule is Cl.NCCCCCCC(=O)N1CCc2sccc2C1. The fourth-order valence-electron chi connectivity index (χ4n) is 2.39. The van der Waals surface area contributed by atoms with E-state index in [9.17, 15) is 4.79 Å². The van der Waals surface area contributed by atoms with Crippen LogP contribution in [0.4, 0.5) is 0 Å². The van der Waals surface area contributed by atoms with E-state index in [0.717, 1.165) is 51.7 Å². The van der Waals surface area contributed by atoms with Crippen LogP contribution in [0.15, 0.2) is 11.4 Å². The maximum Gasteiger partial charge on any atom is 0.222 e. The highest BCUT2D eigenvalue weighted by Crippen LogP contribution is 2.24. The monoisotopic (exact) mass is 302 g/mol. The van der Waals surface area contributed by atoms with E-state index in [4.69, 9.17) is 5.73 Å². The van der Waals surface area contributed by atoms with Crippen LogP contribution in [-0.4, -0.2) is 23.9 Å². The highest BCUT2D eigenvalue weighted by Gasteiger charge is 2.20. The van der Waals surface area contributed by atoms with Crippen LogP contribution in [0.2, 0.25) is 0 Å².